The van der Waals surface area contributed by atoms with Crippen LogP contribution in [0.15, 0.2) is 6.07 Å². The summed E-state index contributed by atoms with van der Waals surface area (Å²) in [5.74, 6) is -0.469. The van der Waals surface area contributed by atoms with E-state index < -0.39 is 5.91 Å². The van der Waals surface area contributed by atoms with Crippen LogP contribution >= 0.6 is 0 Å². The zero-order valence-electron chi connectivity index (χ0n) is 12.4. The highest BCUT2D eigenvalue weighted by atomic mass is 16.5. The highest BCUT2D eigenvalue weighted by Gasteiger charge is 2.20. The van der Waals surface area contributed by atoms with Gasteiger partial charge in [0.05, 0.1) is 12.2 Å². The van der Waals surface area contributed by atoms with Crippen LogP contribution in [0.1, 0.15) is 35.5 Å². The number of esters is 1. The van der Waals surface area contributed by atoms with E-state index in [9.17, 15) is 9.59 Å². The second-order valence-corrected chi connectivity index (χ2v) is 4.46. The first-order valence-electron chi connectivity index (χ1n) is 6.59. The first-order valence-corrected chi connectivity index (χ1v) is 6.59. The highest BCUT2D eigenvalue weighted by Crippen LogP contribution is 2.22. The second kappa shape index (κ2) is 6.88. The smallest absolute Gasteiger partial charge is 0.325 e. The van der Waals surface area contributed by atoms with Gasteiger partial charge in [0.25, 0.3) is 5.91 Å². The molecule has 6 heteroatoms. The van der Waals surface area contributed by atoms with Crippen LogP contribution in [0, 0.1) is 13.8 Å². The van der Waals surface area contributed by atoms with Crippen molar-refractivity contribution in [2.45, 2.75) is 27.7 Å². The third-order valence-electron chi connectivity index (χ3n) is 2.88. The summed E-state index contributed by atoms with van der Waals surface area (Å²) >= 11 is 0. The number of nitrogens with zero attached hydrogens (tertiary/aromatic N) is 2. The minimum atomic E-state index is -0.549. The van der Waals surface area contributed by atoms with Crippen LogP contribution in [0.2, 0.25) is 0 Å². The number of carbonyl (C=O) groups excluding carboxylic acids is 2. The van der Waals surface area contributed by atoms with E-state index in [1.54, 1.807) is 24.8 Å². The number of primary amides is 1. The van der Waals surface area contributed by atoms with Crippen LogP contribution < -0.4 is 10.6 Å². The topological polar surface area (TPSA) is 85.5 Å². The number of likely N-dealkylation sites (N-methyl/N-ethyl adjacent to an activating group) is 1. The molecule has 0 aliphatic carbocycles. The summed E-state index contributed by atoms with van der Waals surface area (Å²) < 4.78 is 4.93. The van der Waals surface area contributed by atoms with Crippen molar-refractivity contribution in [3.8, 4) is 0 Å². The molecule has 0 aromatic carbocycles. The lowest BCUT2D eigenvalue weighted by molar-refractivity contribution is -0.141. The van der Waals surface area contributed by atoms with E-state index in [-0.39, 0.29) is 12.5 Å². The molecule has 1 amide bonds. The Bertz CT molecular complexity index is 515. The van der Waals surface area contributed by atoms with Crippen LogP contribution in [0.5, 0.6) is 0 Å². The molecule has 0 spiro atoms. The van der Waals surface area contributed by atoms with E-state index >= 15 is 0 Å². The number of amides is 1. The van der Waals surface area contributed by atoms with Gasteiger partial charge in [-0.3, -0.25) is 9.59 Å². The zero-order chi connectivity index (χ0) is 15.3. The van der Waals surface area contributed by atoms with E-state index in [0.29, 0.717) is 24.5 Å². The second-order valence-electron chi connectivity index (χ2n) is 4.46. The van der Waals surface area contributed by atoms with Crippen molar-refractivity contribution in [3.05, 3.63) is 22.9 Å². The molecule has 0 fully saturated rings. The average Bonchev–Trinajstić information content (AvgIpc) is 2.34. The van der Waals surface area contributed by atoms with E-state index in [1.165, 1.54) is 0 Å². The van der Waals surface area contributed by atoms with Gasteiger partial charge in [0.15, 0.2) is 0 Å². The van der Waals surface area contributed by atoms with Crippen molar-refractivity contribution >= 4 is 17.7 Å². The maximum absolute atomic E-state index is 11.6. The van der Waals surface area contributed by atoms with Crippen LogP contribution in [0.3, 0.4) is 0 Å². The molecule has 0 unspecified atom stereocenters. The summed E-state index contributed by atoms with van der Waals surface area (Å²) in [7, 11) is 0. The van der Waals surface area contributed by atoms with E-state index in [0.717, 1.165) is 11.3 Å². The quantitative estimate of drug-likeness (QED) is 0.790. The molecule has 0 radical (unpaired) electrons. The largest absolute Gasteiger partial charge is 0.465 e. The van der Waals surface area contributed by atoms with Gasteiger partial charge in [-0.05, 0) is 39.3 Å². The molecule has 1 aromatic rings. The highest BCUT2D eigenvalue weighted by molar-refractivity contribution is 5.99. The van der Waals surface area contributed by atoms with Gasteiger partial charge in [-0.25, -0.2) is 4.98 Å². The third-order valence-corrected chi connectivity index (χ3v) is 2.88. The van der Waals surface area contributed by atoms with Crippen molar-refractivity contribution in [1.29, 1.82) is 0 Å². The van der Waals surface area contributed by atoms with Gasteiger partial charge in [-0.1, -0.05) is 0 Å². The normalized spacial score (nSPS) is 10.2. The zero-order valence-corrected chi connectivity index (χ0v) is 12.4. The number of pyridine rings is 1. The Balaban J connectivity index is 3.20. The lowest BCUT2D eigenvalue weighted by atomic mass is 10.1. The van der Waals surface area contributed by atoms with Crippen LogP contribution in [-0.4, -0.2) is 36.6 Å². The number of anilines is 1. The number of carbonyl (C=O) groups is 2. The predicted octanol–water partition coefficient (Wildman–Crippen LogP) is 1.19. The molecule has 20 heavy (non-hydrogen) atoms. The Morgan fingerprint density at radius 1 is 1.35 bits per heavy atom. The fourth-order valence-electron chi connectivity index (χ4n) is 2.05. The Hall–Kier alpha value is -2.11. The molecule has 2 N–H and O–H groups in total. The van der Waals surface area contributed by atoms with Gasteiger partial charge >= 0.3 is 5.97 Å². The summed E-state index contributed by atoms with van der Waals surface area (Å²) in [4.78, 5) is 29.3. The molecule has 0 atom stereocenters. The van der Waals surface area contributed by atoms with Gasteiger partial charge in [0.2, 0.25) is 0 Å². The average molecular weight is 279 g/mol. The molecule has 0 bridgehead atoms. The Labute approximate surface area is 118 Å². The van der Waals surface area contributed by atoms with Crippen molar-refractivity contribution in [2.75, 3.05) is 24.6 Å². The number of nitrogens with two attached hydrogens (primary N) is 1. The fourth-order valence-corrected chi connectivity index (χ4v) is 2.05. The SMILES string of the molecule is CCOC(=O)CN(CC)c1nc(C)cc(C)c1C(N)=O. The van der Waals surface area contributed by atoms with Gasteiger partial charge in [-0.2, -0.15) is 0 Å². The summed E-state index contributed by atoms with van der Waals surface area (Å²) in [5, 5.41) is 0. The maximum atomic E-state index is 11.6. The molecule has 6 nitrogen and oxygen atoms in total. The number of hydrogen-bond acceptors (Lipinski definition) is 5. The van der Waals surface area contributed by atoms with Crippen molar-refractivity contribution in [2.24, 2.45) is 5.73 Å². The fraction of sp³-hybridized carbons (Fsp3) is 0.500. The Morgan fingerprint density at radius 3 is 2.50 bits per heavy atom. The molecule has 0 aliphatic heterocycles. The van der Waals surface area contributed by atoms with E-state index in [2.05, 4.69) is 4.98 Å². The minimum absolute atomic E-state index is 0.0422. The first-order chi connectivity index (χ1) is 9.40. The van der Waals surface area contributed by atoms with Crippen molar-refractivity contribution in [3.63, 3.8) is 0 Å². The third kappa shape index (κ3) is 3.69. The lowest BCUT2D eigenvalue weighted by Gasteiger charge is -2.24. The van der Waals surface area contributed by atoms with Crippen molar-refractivity contribution in [1.82, 2.24) is 4.98 Å². The molecule has 1 heterocycles. The lowest BCUT2D eigenvalue weighted by Crippen LogP contribution is -2.34. The number of aromatic nitrogens is 1. The number of ether oxygens (including phenoxy) is 1. The molecule has 110 valence electrons. The van der Waals surface area contributed by atoms with Crippen LogP contribution in [-0.2, 0) is 9.53 Å². The molecule has 1 aromatic heterocycles. The van der Waals surface area contributed by atoms with Gasteiger partial charge in [0, 0.05) is 12.2 Å². The standard InChI is InChI=1S/C14H21N3O3/c1-5-17(8-11(18)20-6-2)14-12(13(15)19)9(3)7-10(4)16-14/h7H,5-6,8H2,1-4H3,(H2,15,19). The summed E-state index contributed by atoms with van der Waals surface area (Å²) in [6.45, 7) is 8.15. The van der Waals surface area contributed by atoms with E-state index in [1.807, 2.05) is 13.8 Å². The van der Waals surface area contributed by atoms with Crippen molar-refractivity contribution < 1.29 is 14.3 Å². The summed E-state index contributed by atoms with van der Waals surface area (Å²) in [5.41, 5.74) is 7.30. The Morgan fingerprint density at radius 2 is 2.00 bits per heavy atom. The van der Waals surface area contributed by atoms with Crippen LogP contribution in [0.25, 0.3) is 0 Å². The Kier molecular flexibility index (Phi) is 5.49. The molecule has 0 aliphatic rings. The molecule has 1 rings (SSSR count). The molecular weight excluding hydrogens is 258 g/mol. The maximum Gasteiger partial charge on any atom is 0.325 e. The summed E-state index contributed by atoms with van der Waals surface area (Å²) in [6.07, 6.45) is 0. The van der Waals surface area contributed by atoms with Gasteiger partial charge in [-0.15, -0.1) is 0 Å². The predicted molar refractivity (Wildman–Crippen MR) is 76.7 cm³/mol. The number of hydrogen-bond donors (Lipinski definition) is 1. The van der Waals surface area contributed by atoms with Gasteiger partial charge in [0.1, 0.15) is 12.4 Å². The molecule has 0 saturated carbocycles. The van der Waals surface area contributed by atoms with Crippen LogP contribution in [0.4, 0.5) is 5.82 Å². The van der Waals surface area contributed by atoms with Gasteiger partial charge < -0.3 is 15.4 Å². The minimum Gasteiger partial charge on any atom is -0.465 e. The summed E-state index contributed by atoms with van der Waals surface area (Å²) in [6, 6.07) is 1.79. The monoisotopic (exact) mass is 279 g/mol. The number of aryl methyl sites for hydroxylation is 2. The molecule has 0 saturated heterocycles. The van der Waals surface area contributed by atoms with E-state index in [4.69, 9.17) is 10.5 Å². The first kappa shape index (κ1) is 15.9. The molecular formula is C14H21N3O3. The number of rotatable bonds is 6.